The molecule has 7 N–H and O–H groups in total. The monoisotopic (exact) mass is 643 g/mol. The molecule has 0 radical (unpaired) electrons. The normalized spacial score (nSPS) is 15.8. The molecule has 2 aliphatic heterocycles. The average molecular weight is 644 g/mol. The van der Waals surface area contributed by atoms with Gasteiger partial charge >= 0.3 is 0 Å². The number of H-pyrrole nitrogens is 1. The Bertz CT molecular complexity index is 1370. The second-order valence-electron chi connectivity index (χ2n) is 10.6. The molecule has 2 aliphatic rings. The van der Waals surface area contributed by atoms with E-state index >= 15 is 0 Å². The molecule has 46 heavy (non-hydrogen) atoms. The second-order valence-corrected chi connectivity index (χ2v) is 10.6. The SMILES string of the molecule is CN(Cc1cn[nH]c1)C(=O)CNc1ccc2c(c1NCC(=O)NCCOCCOCCOCN)C(=O)N(C1CCC(=O)NC1=O)C2. The number of likely N-dealkylation sites (N-methyl/N-ethyl adjacent to an activating group) is 1. The molecule has 4 rings (SSSR count). The number of aromatic amines is 1. The zero-order valence-electron chi connectivity index (χ0n) is 25.8. The van der Waals surface area contributed by atoms with E-state index in [9.17, 15) is 24.0 Å². The third kappa shape index (κ3) is 9.46. The zero-order chi connectivity index (χ0) is 32.9. The van der Waals surface area contributed by atoms with Gasteiger partial charge in [-0.3, -0.25) is 34.4 Å². The van der Waals surface area contributed by atoms with E-state index in [-0.39, 0.29) is 70.1 Å². The number of aromatic nitrogens is 2. The summed E-state index contributed by atoms with van der Waals surface area (Å²) in [5, 5.41) is 17.8. The maximum atomic E-state index is 13.7. The number of amides is 5. The van der Waals surface area contributed by atoms with Crippen LogP contribution >= 0.6 is 0 Å². The first kappa shape index (κ1) is 34.3. The summed E-state index contributed by atoms with van der Waals surface area (Å²) in [6.07, 6.45) is 3.68. The first-order valence-corrected chi connectivity index (χ1v) is 15.0. The molecule has 17 nitrogen and oxygen atoms in total. The van der Waals surface area contributed by atoms with Gasteiger partial charge in [0, 0.05) is 44.9 Å². The summed E-state index contributed by atoms with van der Waals surface area (Å²) >= 11 is 0. The highest BCUT2D eigenvalue weighted by Gasteiger charge is 2.40. The fourth-order valence-electron chi connectivity index (χ4n) is 5.03. The molecule has 1 aromatic carbocycles. The van der Waals surface area contributed by atoms with E-state index in [0.29, 0.717) is 55.5 Å². The second kappa shape index (κ2) is 17.2. The van der Waals surface area contributed by atoms with Gasteiger partial charge in [0.1, 0.15) is 6.04 Å². The van der Waals surface area contributed by atoms with Crippen LogP contribution in [0.25, 0.3) is 0 Å². The predicted octanol–water partition coefficient (Wildman–Crippen LogP) is -1.26. The number of hydrogen-bond donors (Lipinski definition) is 6. The minimum atomic E-state index is -0.798. The lowest BCUT2D eigenvalue weighted by atomic mass is 10.0. The summed E-state index contributed by atoms with van der Waals surface area (Å²) in [4.78, 5) is 66.5. The van der Waals surface area contributed by atoms with E-state index in [4.69, 9.17) is 19.9 Å². The van der Waals surface area contributed by atoms with E-state index in [1.54, 1.807) is 31.6 Å². The summed E-state index contributed by atoms with van der Waals surface area (Å²) in [5.74, 6) is -1.86. The van der Waals surface area contributed by atoms with Crippen molar-refractivity contribution in [2.75, 3.05) is 77.1 Å². The van der Waals surface area contributed by atoms with Crippen molar-refractivity contribution in [3.63, 3.8) is 0 Å². The Morgan fingerprint density at radius 2 is 1.83 bits per heavy atom. The molecule has 17 heteroatoms. The molecule has 250 valence electrons. The Kier molecular flexibility index (Phi) is 12.8. The number of piperidine rings is 1. The highest BCUT2D eigenvalue weighted by molar-refractivity contribution is 6.09. The Labute approximate surface area is 265 Å². The molecule has 1 saturated heterocycles. The smallest absolute Gasteiger partial charge is 0.257 e. The lowest BCUT2D eigenvalue weighted by molar-refractivity contribution is -0.137. The fourth-order valence-corrected chi connectivity index (χ4v) is 5.03. The zero-order valence-corrected chi connectivity index (χ0v) is 25.8. The average Bonchev–Trinajstić information content (AvgIpc) is 3.67. The summed E-state index contributed by atoms with van der Waals surface area (Å²) in [6.45, 7) is 2.48. The van der Waals surface area contributed by atoms with Crippen molar-refractivity contribution in [1.82, 2.24) is 30.6 Å². The van der Waals surface area contributed by atoms with Gasteiger partial charge in [-0.25, -0.2) is 0 Å². The number of nitrogens with zero attached hydrogens (tertiary/aromatic N) is 3. The molecule has 0 spiro atoms. The van der Waals surface area contributed by atoms with Crippen molar-refractivity contribution in [3.8, 4) is 0 Å². The molecule has 5 amide bonds. The number of fused-ring (bicyclic) bond motifs is 1. The number of carbonyl (C=O) groups is 5. The quantitative estimate of drug-likeness (QED) is 0.0600. The first-order chi connectivity index (χ1) is 22.3. The van der Waals surface area contributed by atoms with Crippen molar-refractivity contribution in [2.24, 2.45) is 5.73 Å². The molecule has 1 fully saturated rings. The van der Waals surface area contributed by atoms with Crippen molar-refractivity contribution in [1.29, 1.82) is 0 Å². The Morgan fingerprint density at radius 1 is 1.07 bits per heavy atom. The van der Waals surface area contributed by atoms with Crippen LogP contribution in [0.3, 0.4) is 0 Å². The molecule has 3 heterocycles. The predicted molar refractivity (Wildman–Crippen MR) is 164 cm³/mol. The molecule has 1 aromatic heterocycles. The van der Waals surface area contributed by atoms with E-state index in [0.717, 1.165) is 5.56 Å². The summed E-state index contributed by atoms with van der Waals surface area (Å²) < 4.78 is 15.8. The Hall–Kier alpha value is -4.58. The third-order valence-corrected chi connectivity index (χ3v) is 7.38. The van der Waals surface area contributed by atoms with Crippen molar-refractivity contribution < 1.29 is 38.2 Å². The Balaban J connectivity index is 1.37. The number of imide groups is 1. The van der Waals surface area contributed by atoms with Gasteiger partial charge in [0.15, 0.2) is 0 Å². The van der Waals surface area contributed by atoms with Crippen molar-refractivity contribution >= 4 is 40.9 Å². The van der Waals surface area contributed by atoms with Gasteiger partial charge in [0.2, 0.25) is 23.6 Å². The van der Waals surface area contributed by atoms with Crippen LogP contribution in [-0.2, 0) is 46.5 Å². The largest absolute Gasteiger partial charge is 0.377 e. The van der Waals surface area contributed by atoms with Crippen LogP contribution < -0.4 is 27.0 Å². The number of nitrogens with one attached hydrogen (secondary N) is 5. The summed E-state index contributed by atoms with van der Waals surface area (Å²) in [7, 11) is 1.67. The van der Waals surface area contributed by atoms with Crippen LogP contribution in [0.1, 0.15) is 34.3 Å². The van der Waals surface area contributed by atoms with Crippen LogP contribution in [-0.4, -0.2) is 122 Å². The number of anilines is 2. The molecule has 2 aromatic rings. The molecule has 0 bridgehead atoms. The van der Waals surface area contributed by atoms with Gasteiger partial charge in [-0.15, -0.1) is 0 Å². The lowest BCUT2D eigenvalue weighted by Crippen LogP contribution is -2.52. The Morgan fingerprint density at radius 3 is 2.54 bits per heavy atom. The number of ether oxygens (including phenoxy) is 3. The summed E-state index contributed by atoms with van der Waals surface area (Å²) in [6, 6.07) is 2.67. The van der Waals surface area contributed by atoms with E-state index < -0.39 is 17.9 Å². The lowest BCUT2D eigenvalue weighted by Gasteiger charge is -2.29. The minimum absolute atomic E-state index is 0.0832. The standard InChI is InChI=1S/C29H41N9O8/c1-37(16-19-12-34-35-13-19)25(41)15-32-21-3-2-20-17-38(22-4-5-23(39)36-28(22)42)29(43)26(20)27(21)33-14-24(40)31-6-7-44-8-9-45-10-11-46-18-30/h2-3,12-13,22,32-33H,4-11,14-18,30H2,1H3,(H,31,40)(H,34,35)(H,36,39,42). The molecular weight excluding hydrogens is 602 g/mol. The maximum Gasteiger partial charge on any atom is 0.257 e. The topological polar surface area (TPSA) is 222 Å². The third-order valence-electron chi connectivity index (χ3n) is 7.38. The minimum Gasteiger partial charge on any atom is -0.377 e. The van der Waals surface area contributed by atoms with Gasteiger partial charge in [-0.1, -0.05) is 6.07 Å². The van der Waals surface area contributed by atoms with Crippen LogP contribution in [0.5, 0.6) is 0 Å². The number of hydrogen-bond acceptors (Lipinski definition) is 12. The fraction of sp³-hybridized carbons (Fsp3) is 0.517. The van der Waals surface area contributed by atoms with Crippen LogP contribution in [0.4, 0.5) is 11.4 Å². The first-order valence-electron chi connectivity index (χ1n) is 15.0. The van der Waals surface area contributed by atoms with E-state index in [2.05, 4.69) is 31.5 Å². The maximum absolute atomic E-state index is 13.7. The highest BCUT2D eigenvalue weighted by Crippen LogP contribution is 2.37. The number of benzene rings is 1. The van der Waals surface area contributed by atoms with Gasteiger partial charge in [-0.05, 0) is 18.1 Å². The summed E-state index contributed by atoms with van der Waals surface area (Å²) in [5.41, 5.74) is 7.80. The van der Waals surface area contributed by atoms with Crippen LogP contribution in [0.2, 0.25) is 0 Å². The van der Waals surface area contributed by atoms with Gasteiger partial charge in [0.05, 0.1) is 76.0 Å². The number of rotatable bonds is 19. The van der Waals surface area contributed by atoms with Crippen LogP contribution in [0.15, 0.2) is 24.5 Å². The van der Waals surface area contributed by atoms with Gasteiger partial charge in [-0.2, -0.15) is 5.10 Å². The molecule has 1 unspecified atom stereocenters. The molecule has 1 atom stereocenters. The molecule has 0 saturated carbocycles. The van der Waals surface area contributed by atoms with E-state index in [1.807, 2.05) is 0 Å². The van der Waals surface area contributed by atoms with Gasteiger partial charge < -0.3 is 45.7 Å². The highest BCUT2D eigenvalue weighted by atomic mass is 16.5. The van der Waals surface area contributed by atoms with Crippen LogP contribution in [0, 0.1) is 0 Å². The number of nitrogens with two attached hydrogens (primary N) is 1. The van der Waals surface area contributed by atoms with Crippen molar-refractivity contribution in [3.05, 3.63) is 41.2 Å². The van der Waals surface area contributed by atoms with Gasteiger partial charge in [0.25, 0.3) is 5.91 Å². The van der Waals surface area contributed by atoms with Crippen molar-refractivity contribution in [2.45, 2.75) is 32.0 Å². The number of carbonyl (C=O) groups excluding carboxylic acids is 5. The molecular formula is C29H41N9O8. The van der Waals surface area contributed by atoms with E-state index in [1.165, 1.54) is 9.80 Å². The molecule has 0 aliphatic carbocycles.